The van der Waals surface area contributed by atoms with Crippen molar-refractivity contribution in [2.75, 3.05) is 17.8 Å². The number of rotatable bonds is 3. The van der Waals surface area contributed by atoms with Crippen molar-refractivity contribution in [3.05, 3.63) is 0 Å². The van der Waals surface area contributed by atoms with Crippen LogP contribution in [0.15, 0.2) is 0 Å². The third-order valence-electron chi connectivity index (χ3n) is 1.46. The Hall–Kier alpha value is 1.05. The molecule has 0 aromatic rings. The maximum absolute atomic E-state index is 2.33. The van der Waals surface area contributed by atoms with Crippen LogP contribution in [0.1, 0.15) is 13.3 Å². The van der Waals surface area contributed by atoms with Gasteiger partial charge < -0.3 is 0 Å². The van der Waals surface area contributed by atoms with E-state index in [0.29, 0.717) is 0 Å². The highest BCUT2D eigenvalue weighted by atomic mass is 32.2. The fourth-order valence-corrected chi connectivity index (χ4v) is 4.93. The molecule has 1 rings (SSSR count). The Morgan fingerprint density at radius 2 is 2.40 bits per heavy atom. The van der Waals surface area contributed by atoms with Crippen molar-refractivity contribution in [1.29, 1.82) is 0 Å². The van der Waals surface area contributed by atoms with E-state index in [1.54, 1.807) is 0 Å². The van der Waals surface area contributed by atoms with Gasteiger partial charge in [0.2, 0.25) is 0 Å². The number of hydrogen-bond acceptors (Lipinski definition) is 3. The molecule has 0 N–H and O–H groups in total. The molecule has 60 valence electrons. The zero-order valence-electron chi connectivity index (χ0n) is 6.50. The van der Waals surface area contributed by atoms with E-state index in [-0.39, 0.29) is 0 Å². The van der Waals surface area contributed by atoms with Crippen LogP contribution in [0.5, 0.6) is 0 Å². The summed E-state index contributed by atoms with van der Waals surface area (Å²) in [6.07, 6.45) is 3.58. The van der Waals surface area contributed by atoms with Gasteiger partial charge in [-0.1, -0.05) is 6.92 Å². The van der Waals surface area contributed by atoms with Crippen molar-refractivity contribution in [2.24, 2.45) is 0 Å². The van der Waals surface area contributed by atoms with Crippen molar-refractivity contribution >= 4 is 35.3 Å². The van der Waals surface area contributed by atoms with Crippen LogP contribution in [0.25, 0.3) is 0 Å². The van der Waals surface area contributed by atoms with Crippen LogP contribution in [0, 0.1) is 0 Å². The van der Waals surface area contributed by atoms with Crippen molar-refractivity contribution in [3.8, 4) is 0 Å². The maximum Gasteiger partial charge on any atom is 0.0513 e. The summed E-state index contributed by atoms with van der Waals surface area (Å²) in [6.45, 7) is 2.33. The molecule has 1 fully saturated rings. The van der Waals surface area contributed by atoms with Gasteiger partial charge in [0, 0.05) is 11.0 Å². The molecule has 1 heterocycles. The molecule has 0 nitrogen and oxygen atoms in total. The van der Waals surface area contributed by atoms with Crippen molar-refractivity contribution < 1.29 is 0 Å². The lowest BCUT2D eigenvalue weighted by molar-refractivity contribution is 1.08. The van der Waals surface area contributed by atoms with E-state index in [9.17, 15) is 0 Å². The summed E-state index contributed by atoms with van der Waals surface area (Å²) >= 11 is 6.26. The lowest BCUT2D eigenvalue weighted by atomic mass is 10.6. The van der Waals surface area contributed by atoms with Gasteiger partial charge in [-0.05, 0) is 18.4 Å². The minimum Gasteiger partial charge on any atom is -0.165 e. The van der Waals surface area contributed by atoms with Crippen molar-refractivity contribution in [1.82, 2.24) is 0 Å². The third-order valence-corrected chi connectivity index (χ3v) is 5.53. The highest BCUT2D eigenvalue weighted by Gasteiger charge is 2.21. The van der Waals surface area contributed by atoms with E-state index in [4.69, 9.17) is 0 Å². The van der Waals surface area contributed by atoms with Crippen LogP contribution < -0.4 is 0 Å². The minimum atomic E-state index is 0.900. The first-order valence-corrected chi connectivity index (χ1v) is 6.97. The molecular weight excluding hydrogens is 180 g/mol. The first-order chi connectivity index (χ1) is 4.83. The molecule has 0 amide bonds. The Bertz CT molecular complexity index is 94.9. The monoisotopic (exact) mass is 194 g/mol. The maximum atomic E-state index is 2.33. The average Bonchev–Trinajstić information content (AvgIpc) is 2.31. The van der Waals surface area contributed by atoms with E-state index in [2.05, 4.69) is 36.7 Å². The largest absolute Gasteiger partial charge is 0.165 e. The molecule has 0 saturated carbocycles. The van der Waals surface area contributed by atoms with Gasteiger partial charge in [-0.15, -0.1) is 23.5 Å². The second-order valence-corrected chi connectivity index (χ2v) is 6.66. The Morgan fingerprint density at radius 3 is 2.90 bits per heavy atom. The average molecular weight is 194 g/mol. The summed E-state index contributed by atoms with van der Waals surface area (Å²) in [5.74, 6) is 2.70. The Labute approximate surface area is 76.3 Å². The molecule has 0 aromatic carbocycles. The Kier molecular flexibility index (Phi) is 4.42. The zero-order valence-corrected chi connectivity index (χ0v) is 8.95. The topological polar surface area (TPSA) is 0 Å². The first kappa shape index (κ1) is 9.14. The lowest BCUT2D eigenvalue weighted by Gasteiger charge is -2.05. The fourth-order valence-electron chi connectivity index (χ4n) is 0.946. The van der Waals surface area contributed by atoms with Gasteiger partial charge >= 0.3 is 0 Å². The molecule has 0 radical (unpaired) electrons. The first-order valence-electron chi connectivity index (χ1n) is 3.59. The van der Waals surface area contributed by atoms with Crippen LogP contribution in [0.3, 0.4) is 0 Å². The summed E-state index contributed by atoms with van der Waals surface area (Å²) in [5, 5.41) is 0.900. The molecule has 0 bridgehead atoms. The summed E-state index contributed by atoms with van der Waals surface area (Å²) < 4.78 is 0.905. The van der Waals surface area contributed by atoms with Crippen LogP contribution in [0.4, 0.5) is 0 Å². The van der Waals surface area contributed by atoms with Crippen LogP contribution in [-0.2, 0) is 0 Å². The SMILES string of the molecule is CSCCC1SCC(C)S1. The van der Waals surface area contributed by atoms with E-state index in [1.165, 1.54) is 17.9 Å². The van der Waals surface area contributed by atoms with Gasteiger partial charge in [0.05, 0.1) is 4.58 Å². The highest BCUT2D eigenvalue weighted by Crippen LogP contribution is 2.39. The fraction of sp³-hybridized carbons (Fsp3) is 1.00. The number of hydrogen-bond donors (Lipinski definition) is 0. The summed E-state index contributed by atoms with van der Waals surface area (Å²) in [7, 11) is 0. The van der Waals surface area contributed by atoms with Crippen LogP contribution in [-0.4, -0.2) is 27.6 Å². The highest BCUT2D eigenvalue weighted by molar-refractivity contribution is 8.20. The molecule has 0 aromatic heterocycles. The predicted molar refractivity (Wildman–Crippen MR) is 56.3 cm³/mol. The second-order valence-electron chi connectivity index (χ2n) is 2.49. The van der Waals surface area contributed by atoms with Crippen LogP contribution >= 0.6 is 35.3 Å². The molecule has 1 saturated heterocycles. The zero-order chi connectivity index (χ0) is 7.40. The molecule has 10 heavy (non-hydrogen) atoms. The van der Waals surface area contributed by atoms with Gasteiger partial charge in [-0.2, -0.15) is 11.8 Å². The van der Waals surface area contributed by atoms with Gasteiger partial charge in [0.15, 0.2) is 0 Å². The Balaban J connectivity index is 2.06. The standard InChI is InChI=1S/C7H14S3/c1-6-5-9-7(10-6)3-4-8-2/h6-7H,3-5H2,1-2H3. The summed E-state index contributed by atoms with van der Waals surface area (Å²) in [6, 6.07) is 0. The molecular formula is C7H14S3. The van der Waals surface area contributed by atoms with Gasteiger partial charge in [0.25, 0.3) is 0 Å². The molecule has 1 aliphatic heterocycles. The van der Waals surface area contributed by atoms with Gasteiger partial charge in [0.1, 0.15) is 0 Å². The third kappa shape index (κ3) is 2.97. The summed E-state index contributed by atoms with van der Waals surface area (Å²) in [4.78, 5) is 0. The molecule has 2 atom stereocenters. The Morgan fingerprint density at radius 1 is 1.60 bits per heavy atom. The van der Waals surface area contributed by atoms with E-state index in [1.807, 2.05) is 11.8 Å². The van der Waals surface area contributed by atoms with E-state index in [0.717, 1.165) is 9.83 Å². The summed E-state index contributed by atoms with van der Waals surface area (Å²) in [5.41, 5.74) is 0. The molecule has 1 aliphatic rings. The van der Waals surface area contributed by atoms with E-state index >= 15 is 0 Å². The van der Waals surface area contributed by atoms with Crippen molar-refractivity contribution in [3.63, 3.8) is 0 Å². The predicted octanol–water partition coefficient (Wildman–Crippen LogP) is 2.93. The molecule has 0 aliphatic carbocycles. The second kappa shape index (κ2) is 4.83. The smallest absolute Gasteiger partial charge is 0.0513 e. The van der Waals surface area contributed by atoms with E-state index < -0.39 is 0 Å². The van der Waals surface area contributed by atoms with Crippen molar-refractivity contribution in [2.45, 2.75) is 23.2 Å². The molecule has 0 spiro atoms. The molecule has 2 unspecified atom stereocenters. The normalized spacial score (nSPS) is 33.0. The molecule has 3 heteroatoms. The number of thioether (sulfide) groups is 3. The van der Waals surface area contributed by atoms with Crippen LogP contribution in [0.2, 0.25) is 0 Å². The van der Waals surface area contributed by atoms with Gasteiger partial charge in [-0.3, -0.25) is 0 Å². The lowest BCUT2D eigenvalue weighted by Crippen LogP contribution is -1.94. The quantitative estimate of drug-likeness (QED) is 0.678. The van der Waals surface area contributed by atoms with Gasteiger partial charge in [-0.25, -0.2) is 0 Å². The minimum absolute atomic E-state index is 0.900.